The fourth-order valence-electron chi connectivity index (χ4n) is 1.87. The second-order valence-electron chi connectivity index (χ2n) is 4.49. The van der Waals surface area contributed by atoms with Crippen LogP contribution < -0.4 is 0 Å². The summed E-state index contributed by atoms with van der Waals surface area (Å²) in [7, 11) is 0. The van der Waals surface area contributed by atoms with Gasteiger partial charge in [-0.05, 0) is 54.3 Å². The van der Waals surface area contributed by atoms with Gasteiger partial charge in [0.15, 0.2) is 0 Å². The maximum atomic E-state index is 6.56. The summed E-state index contributed by atoms with van der Waals surface area (Å²) >= 11 is 22.3. The zero-order valence-electron chi connectivity index (χ0n) is 10.5. The van der Waals surface area contributed by atoms with E-state index in [1.165, 1.54) is 5.56 Å². The highest BCUT2D eigenvalue weighted by atomic mass is 79.9. The monoisotopic (exact) mass is 376 g/mol. The van der Waals surface area contributed by atoms with Crippen molar-refractivity contribution in [1.82, 2.24) is 0 Å². The Balaban J connectivity index is 2.49. The highest BCUT2D eigenvalue weighted by Gasteiger charge is 2.18. The predicted octanol–water partition coefficient (Wildman–Crippen LogP) is 6.70. The molecular weight excluding hydrogens is 366 g/mol. The molecule has 0 N–H and O–H groups in total. The second kappa shape index (κ2) is 6.05. The Hall–Kier alpha value is -0.210. The largest absolute Gasteiger partial charge is 0.112 e. The third-order valence-electron chi connectivity index (χ3n) is 3.12. The number of benzene rings is 2. The van der Waals surface area contributed by atoms with Crippen LogP contribution in [0.2, 0.25) is 10.0 Å². The van der Waals surface area contributed by atoms with Crippen LogP contribution in [0.5, 0.6) is 0 Å². The molecule has 0 aromatic heterocycles. The van der Waals surface area contributed by atoms with Gasteiger partial charge in [-0.3, -0.25) is 0 Å². The lowest BCUT2D eigenvalue weighted by molar-refractivity contribution is 1.11. The van der Waals surface area contributed by atoms with Gasteiger partial charge in [0.1, 0.15) is 0 Å². The Morgan fingerprint density at radius 3 is 2.21 bits per heavy atom. The van der Waals surface area contributed by atoms with Gasteiger partial charge in [-0.25, -0.2) is 0 Å². The van der Waals surface area contributed by atoms with Crippen LogP contribution in [-0.2, 0) is 0 Å². The Morgan fingerprint density at radius 1 is 0.947 bits per heavy atom. The van der Waals surface area contributed by atoms with Crippen molar-refractivity contribution in [2.24, 2.45) is 0 Å². The smallest absolute Gasteiger partial charge is 0.0860 e. The Kier molecular flexibility index (Phi) is 4.84. The maximum Gasteiger partial charge on any atom is 0.0860 e. The van der Waals surface area contributed by atoms with Gasteiger partial charge in [0.25, 0.3) is 0 Å². The van der Waals surface area contributed by atoms with Gasteiger partial charge in [0, 0.05) is 14.5 Å². The molecule has 0 aliphatic carbocycles. The minimum Gasteiger partial charge on any atom is -0.112 e. The first-order chi connectivity index (χ1) is 8.90. The molecule has 0 radical (unpaired) electrons. The third-order valence-corrected chi connectivity index (χ3v) is 4.84. The van der Waals surface area contributed by atoms with Crippen LogP contribution in [0.4, 0.5) is 0 Å². The van der Waals surface area contributed by atoms with Crippen molar-refractivity contribution in [1.29, 1.82) is 0 Å². The summed E-state index contributed by atoms with van der Waals surface area (Å²) in [6.45, 7) is 4.09. The first-order valence-electron chi connectivity index (χ1n) is 5.76. The third kappa shape index (κ3) is 3.28. The van der Waals surface area contributed by atoms with E-state index in [2.05, 4.69) is 22.9 Å². The van der Waals surface area contributed by atoms with Gasteiger partial charge in [0.05, 0.1) is 5.38 Å². The first-order valence-corrected chi connectivity index (χ1v) is 7.74. The van der Waals surface area contributed by atoms with Gasteiger partial charge in [-0.2, -0.15) is 0 Å². The van der Waals surface area contributed by atoms with Crippen LogP contribution in [0.1, 0.15) is 27.6 Å². The van der Waals surface area contributed by atoms with E-state index in [0.29, 0.717) is 10.0 Å². The lowest BCUT2D eigenvalue weighted by Crippen LogP contribution is -1.97. The molecule has 0 amide bonds. The standard InChI is InChI=1S/C15H12BrCl3/c1-8-5-12(14(18)6-9(8)2)15(19)11-4-3-10(17)7-13(11)16/h3-7,15H,1-2H3. The lowest BCUT2D eigenvalue weighted by atomic mass is 10.00. The average Bonchev–Trinajstić information content (AvgIpc) is 2.33. The van der Waals surface area contributed by atoms with E-state index in [1.807, 2.05) is 37.3 Å². The SMILES string of the molecule is Cc1cc(Cl)c(C(Cl)c2ccc(Cl)cc2Br)cc1C. The minimum absolute atomic E-state index is 0.307. The summed E-state index contributed by atoms with van der Waals surface area (Å²) in [6.07, 6.45) is 0. The van der Waals surface area contributed by atoms with E-state index < -0.39 is 0 Å². The number of halogens is 4. The molecule has 4 heteroatoms. The molecule has 0 aliphatic heterocycles. The molecule has 0 saturated carbocycles. The Morgan fingerprint density at radius 2 is 1.58 bits per heavy atom. The molecule has 0 fully saturated rings. The van der Waals surface area contributed by atoms with Crippen molar-refractivity contribution in [3.05, 3.63) is 67.1 Å². The molecule has 0 heterocycles. The van der Waals surface area contributed by atoms with Gasteiger partial charge in [-0.15, -0.1) is 11.6 Å². The molecule has 19 heavy (non-hydrogen) atoms. The van der Waals surface area contributed by atoms with Crippen LogP contribution in [-0.4, -0.2) is 0 Å². The first kappa shape index (κ1) is 15.2. The van der Waals surface area contributed by atoms with E-state index >= 15 is 0 Å². The van der Waals surface area contributed by atoms with E-state index in [9.17, 15) is 0 Å². The van der Waals surface area contributed by atoms with Gasteiger partial charge < -0.3 is 0 Å². The van der Waals surface area contributed by atoms with E-state index in [1.54, 1.807) is 0 Å². The van der Waals surface area contributed by atoms with Crippen LogP contribution >= 0.6 is 50.7 Å². The number of hydrogen-bond donors (Lipinski definition) is 0. The van der Waals surface area contributed by atoms with Crippen molar-refractivity contribution >= 4 is 50.7 Å². The molecule has 1 unspecified atom stereocenters. The van der Waals surface area contributed by atoms with Crippen LogP contribution in [0.15, 0.2) is 34.8 Å². The van der Waals surface area contributed by atoms with E-state index in [4.69, 9.17) is 34.8 Å². The minimum atomic E-state index is -0.307. The highest BCUT2D eigenvalue weighted by molar-refractivity contribution is 9.10. The zero-order valence-corrected chi connectivity index (χ0v) is 14.3. The zero-order chi connectivity index (χ0) is 14.2. The van der Waals surface area contributed by atoms with Gasteiger partial charge in [-0.1, -0.05) is 51.3 Å². The van der Waals surface area contributed by atoms with Crippen LogP contribution in [0.3, 0.4) is 0 Å². The fourth-order valence-corrected chi connectivity index (χ4v) is 3.67. The van der Waals surface area contributed by atoms with Crippen molar-refractivity contribution in [3.8, 4) is 0 Å². The Bertz CT molecular complexity index is 623. The van der Waals surface area contributed by atoms with Crippen molar-refractivity contribution < 1.29 is 0 Å². The number of aryl methyl sites for hydroxylation is 2. The highest BCUT2D eigenvalue weighted by Crippen LogP contribution is 2.39. The number of hydrogen-bond acceptors (Lipinski definition) is 0. The molecule has 100 valence electrons. The molecular formula is C15H12BrCl3. The summed E-state index contributed by atoms with van der Waals surface area (Å²) in [5.74, 6) is 0. The summed E-state index contributed by atoms with van der Waals surface area (Å²) in [5, 5.41) is 1.05. The van der Waals surface area contributed by atoms with Crippen LogP contribution in [0, 0.1) is 13.8 Å². The normalized spacial score (nSPS) is 12.5. The molecule has 2 aromatic rings. The summed E-state index contributed by atoms with van der Waals surface area (Å²) in [6, 6.07) is 9.56. The molecule has 1 atom stereocenters. The molecule has 0 saturated heterocycles. The Labute approximate surface area is 136 Å². The molecule has 2 aromatic carbocycles. The average molecular weight is 379 g/mol. The van der Waals surface area contributed by atoms with Gasteiger partial charge >= 0.3 is 0 Å². The predicted molar refractivity (Wildman–Crippen MR) is 87.8 cm³/mol. The molecule has 2 rings (SSSR count). The second-order valence-corrected chi connectivity index (χ2v) is 6.62. The van der Waals surface area contributed by atoms with Crippen LogP contribution in [0.25, 0.3) is 0 Å². The summed E-state index contributed by atoms with van der Waals surface area (Å²) in [5.41, 5.74) is 4.20. The topological polar surface area (TPSA) is 0 Å². The molecule has 0 nitrogen and oxygen atoms in total. The number of alkyl halides is 1. The summed E-state index contributed by atoms with van der Waals surface area (Å²) < 4.78 is 0.884. The number of rotatable bonds is 2. The maximum absolute atomic E-state index is 6.56. The van der Waals surface area contributed by atoms with Crippen molar-refractivity contribution in [2.45, 2.75) is 19.2 Å². The summed E-state index contributed by atoms with van der Waals surface area (Å²) in [4.78, 5) is 0. The molecule has 0 spiro atoms. The van der Waals surface area contributed by atoms with Crippen molar-refractivity contribution in [2.75, 3.05) is 0 Å². The fraction of sp³-hybridized carbons (Fsp3) is 0.200. The van der Waals surface area contributed by atoms with Gasteiger partial charge in [0.2, 0.25) is 0 Å². The molecule has 0 bridgehead atoms. The van der Waals surface area contributed by atoms with E-state index in [0.717, 1.165) is 21.2 Å². The quantitative estimate of drug-likeness (QED) is 0.510. The van der Waals surface area contributed by atoms with E-state index in [-0.39, 0.29) is 5.38 Å². The lowest BCUT2D eigenvalue weighted by Gasteiger charge is -2.16. The molecule has 0 aliphatic rings. The van der Waals surface area contributed by atoms with Crippen molar-refractivity contribution in [3.63, 3.8) is 0 Å².